The first-order valence-corrected chi connectivity index (χ1v) is 11.3. The first-order valence-electron chi connectivity index (χ1n) is 9.82. The average molecular weight is 429 g/mol. The Morgan fingerprint density at radius 2 is 1.70 bits per heavy atom. The van der Waals surface area contributed by atoms with E-state index in [0.717, 1.165) is 27.7 Å². The van der Waals surface area contributed by atoms with Gasteiger partial charge in [-0.2, -0.15) is 0 Å². The number of carbonyl (C=O) groups excluding carboxylic acids is 1. The van der Waals surface area contributed by atoms with E-state index >= 15 is 0 Å². The van der Waals surface area contributed by atoms with Gasteiger partial charge in [0.05, 0.1) is 17.6 Å². The lowest BCUT2D eigenvalue weighted by molar-refractivity contribution is -0.120. The van der Waals surface area contributed by atoms with Crippen molar-refractivity contribution in [1.29, 1.82) is 0 Å². The van der Waals surface area contributed by atoms with Gasteiger partial charge in [-0.15, -0.1) is 0 Å². The van der Waals surface area contributed by atoms with Crippen LogP contribution in [0, 0.1) is 13.8 Å². The summed E-state index contributed by atoms with van der Waals surface area (Å²) in [5.74, 6) is -0.202. The van der Waals surface area contributed by atoms with E-state index in [4.69, 9.17) is 4.42 Å². The quantitative estimate of drug-likeness (QED) is 0.621. The van der Waals surface area contributed by atoms with Crippen molar-refractivity contribution in [2.75, 3.05) is 0 Å². The monoisotopic (exact) mass is 428 g/mol. The number of hydrogen-bond acceptors (Lipinski definition) is 4. The second-order valence-corrected chi connectivity index (χ2v) is 10.3. The number of amides is 1. The molecule has 1 heterocycles. The minimum absolute atomic E-state index is 0.119. The predicted molar refractivity (Wildman–Crippen MR) is 118 cm³/mol. The zero-order valence-electron chi connectivity index (χ0n) is 18.0. The molecule has 0 spiro atoms. The molecule has 0 aliphatic heterocycles. The van der Waals surface area contributed by atoms with Crippen LogP contribution in [0.25, 0.3) is 11.0 Å². The molecule has 0 fully saturated rings. The van der Waals surface area contributed by atoms with Crippen LogP contribution in [-0.4, -0.2) is 19.9 Å². The summed E-state index contributed by atoms with van der Waals surface area (Å²) in [4.78, 5) is 12.7. The normalized spacial score (nSPS) is 12.3. The SMILES string of the molecule is Cc1cc2occ(CC(=O)NCc3ccccc3S(=O)(=O)NC(C)(C)C)c2cc1C. The highest BCUT2D eigenvalue weighted by Crippen LogP contribution is 2.25. The Kier molecular flexibility index (Phi) is 6.06. The Labute approximate surface area is 177 Å². The fraction of sp³-hybridized carbons (Fsp3) is 0.348. The van der Waals surface area contributed by atoms with Crippen LogP contribution in [-0.2, 0) is 27.8 Å². The van der Waals surface area contributed by atoms with E-state index in [0.29, 0.717) is 5.56 Å². The number of nitrogens with one attached hydrogen (secondary N) is 2. The molecule has 0 aliphatic carbocycles. The van der Waals surface area contributed by atoms with Gasteiger partial charge in [0.25, 0.3) is 0 Å². The minimum atomic E-state index is -3.70. The number of benzene rings is 2. The molecule has 3 rings (SSSR count). The molecule has 0 radical (unpaired) electrons. The largest absolute Gasteiger partial charge is 0.464 e. The van der Waals surface area contributed by atoms with Crippen molar-refractivity contribution in [1.82, 2.24) is 10.0 Å². The van der Waals surface area contributed by atoms with Gasteiger partial charge in [-0.25, -0.2) is 13.1 Å². The van der Waals surface area contributed by atoms with E-state index in [1.54, 1.807) is 51.3 Å². The highest BCUT2D eigenvalue weighted by molar-refractivity contribution is 7.89. The van der Waals surface area contributed by atoms with Crippen molar-refractivity contribution >= 4 is 26.9 Å². The van der Waals surface area contributed by atoms with Crippen LogP contribution in [0.4, 0.5) is 0 Å². The summed E-state index contributed by atoms with van der Waals surface area (Å²) in [5, 5.41) is 3.75. The lowest BCUT2D eigenvalue weighted by atomic mass is 10.0. The second kappa shape index (κ2) is 8.24. The third kappa shape index (κ3) is 5.09. The third-order valence-corrected chi connectivity index (χ3v) is 6.66. The molecule has 0 unspecified atom stereocenters. The Bertz CT molecular complexity index is 1190. The topological polar surface area (TPSA) is 88.4 Å². The van der Waals surface area contributed by atoms with Crippen LogP contribution in [0.2, 0.25) is 0 Å². The Morgan fingerprint density at radius 1 is 1.03 bits per heavy atom. The summed E-state index contributed by atoms with van der Waals surface area (Å²) < 4.78 is 33.7. The Hall–Kier alpha value is -2.64. The van der Waals surface area contributed by atoms with Gasteiger partial charge >= 0.3 is 0 Å². The van der Waals surface area contributed by atoms with Crippen molar-refractivity contribution < 1.29 is 17.6 Å². The number of sulfonamides is 1. The summed E-state index contributed by atoms with van der Waals surface area (Å²) in [6.07, 6.45) is 1.76. The van der Waals surface area contributed by atoms with E-state index in [1.807, 2.05) is 26.0 Å². The van der Waals surface area contributed by atoms with Gasteiger partial charge in [0.15, 0.2) is 0 Å². The van der Waals surface area contributed by atoms with Crippen LogP contribution in [0.3, 0.4) is 0 Å². The van der Waals surface area contributed by atoms with Crippen LogP contribution in [0.1, 0.15) is 43.0 Å². The maximum atomic E-state index is 12.7. The Morgan fingerprint density at radius 3 is 2.40 bits per heavy atom. The van der Waals surface area contributed by atoms with Gasteiger partial charge < -0.3 is 9.73 Å². The predicted octanol–water partition coefficient (Wildman–Crippen LogP) is 3.99. The second-order valence-electron chi connectivity index (χ2n) is 8.61. The van der Waals surface area contributed by atoms with Crippen molar-refractivity contribution in [2.24, 2.45) is 0 Å². The smallest absolute Gasteiger partial charge is 0.241 e. The molecule has 2 N–H and O–H groups in total. The highest BCUT2D eigenvalue weighted by atomic mass is 32.2. The van der Waals surface area contributed by atoms with Crippen LogP contribution >= 0.6 is 0 Å². The highest BCUT2D eigenvalue weighted by Gasteiger charge is 2.24. The zero-order chi connectivity index (χ0) is 22.1. The van der Waals surface area contributed by atoms with Gasteiger partial charge in [0, 0.05) is 23.0 Å². The van der Waals surface area contributed by atoms with Crippen molar-refractivity contribution in [3.8, 4) is 0 Å². The lowest BCUT2D eigenvalue weighted by Gasteiger charge is -2.21. The van der Waals surface area contributed by atoms with E-state index in [9.17, 15) is 13.2 Å². The van der Waals surface area contributed by atoms with Gasteiger partial charge in [0.2, 0.25) is 15.9 Å². The van der Waals surface area contributed by atoms with Gasteiger partial charge in [0.1, 0.15) is 5.58 Å². The first kappa shape index (κ1) is 22.1. The molecular weight excluding hydrogens is 400 g/mol. The summed E-state index contributed by atoms with van der Waals surface area (Å²) in [6, 6.07) is 10.7. The minimum Gasteiger partial charge on any atom is -0.464 e. The lowest BCUT2D eigenvalue weighted by Crippen LogP contribution is -2.41. The molecule has 0 saturated carbocycles. The van der Waals surface area contributed by atoms with Crippen LogP contribution < -0.4 is 10.0 Å². The fourth-order valence-corrected chi connectivity index (χ4v) is 4.93. The maximum Gasteiger partial charge on any atom is 0.241 e. The zero-order valence-corrected chi connectivity index (χ0v) is 18.8. The third-order valence-electron chi connectivity index (χ3n) is 4.80. The molecule has 0 atom stereocenters. The molecular formula is C23H28N2O4S. The number of rotatable bonds is 6. The number of furan rings is 1. The molecule has 0 aliphatic rings. The van der Waals surface area contributed by atoms with E-state index in [-0.39, 0.29) is 23.8 Å². The van der Waals surface area contributed by atoms with E-state index in [2.05, 4.69) is 10.0 Å². The fourth-order valence-electron chi connectivity index (χ4n) is 3.27. The molecule has 6 nitrogen and oxygen atoms in total. The molecule has 2 aromatic carbocycles. The first-order chi connectivity index (χ1) is 14.0. The molecule has 7 heteroatoms. The van der Waals surface area contributed by atoms with Crippen molar-refractivity contribution in [2.45, 2.75) is 58.0 Å². The number of hydrogen-bond donors (Lipinski definition) is 2. The summed E-state index contributed by atoms with van der Waals surface area (Å²) in [5.41, 5.74) is 3.76. The number of carbonyl (C=O) groups is 1. The molecule has 1 aromatic heterocycles. The van der Waals surface area contributed by atoms with Gasteiger partial charge in [-0.1, -0.05) is 18.2 Å². The van der Waals surface area contributed by atoms with Crippen LogP contribution in [0.5, 0.6) is 0 Å². The summed E-state index contributed by atoms with van der Waals surface area (Å²) in [6.45, 7) is 9.51. The van der Waals surface area contributed by atoms with E-state index < -0.39 is 15.6 Å². The molecule has 1 amide bonds. The number of aryl methyl sites for hydroxylation is 2. The average Bonchev–Trinajstić information content (AvgIpc) is 3.00. The Balaban J connectivity index is 1.74. The summed E-state index contributed by atoms with van der Waals surface area (Å²) >= 11 is 0. The van der Waals surface area contributed by atoms with Crippen molar-refractivity contribution in [3.05, 3.63) is 64.9 Å². The van der Waals surface area contributed by atoms with E-state index in [1.165, 1.54) is 0 Å². The van der Waals surface area contributed by atoms with Crippen molar-refractivity contribution in [3.63, 3.8) is 0 Å². The molecule has 30 heavy (non-hydrogen) atoms. The maximum absolute atomic E-state index is 12.7. The van der Waals surface area contributed by atoms with Gasteiger partial charge in [-0.3, -0.25) is 4.79 Å². The molecule has 0 saturated heterocycles. The number of fused-ring (bicyclic) bond motifs is 1. The van der Waals surface area contributed by atoms with Crippen LogP contribution in [0.15, 0.2) is 52.0 Å². The molecule has 160 valence electrons. The summed E-state index contributed by atoms with van der Waals surface area (Å²) in [7, 11) is -3.70. The standard InChI is InChI=1S/C23H28N2O4S/c1-15-10-19-18(14-29-20(19)11-16(15)2)12-22(26)24-13-17-8-6-7-9-21(17)30(27,28)25-23(3,4)5/h6-11,14,25H,12-13H2,1-5H3,(H,24,26). The molecule has 3 aromatic rings. The van der Waals surface area contributed by atoms with Gasteiger partial charge in [-0.05, 0) is 69.5 Å². The molecule has 0 bridgehead atoms.